The first-order valence-electron chi connectivity index (χ1n) is 11.7. The fraction of sp³-hybridized carbons (Fsp3) is 0.296. The molecule has 1 aliphatic rings. The van der Waals surface area contributed by atoms with Crippen molar-refractivity contribution in [2.75, 3.05) is 33.3 Å². The summed E-state index contributed by atoms with van der Waals surface area (Å²) in [6.07, 6.45) is 0. The number of carbonyl (C=O) groups excluding carboxylic acids is 1. The Morgan fingerprint density at radius 3 is 2.20 bits per heavy atom. The van der Waals surface area contributed by atoms with E-state index in [0.29, 0.717) is 43.2 Å². The number of nitrogens with zero attached hydrogens (tertiary/aromatic N) is 2. The van der Waals surface area contributed by atoms with Gasteiger partial charge in [0.2, 0.25) is 10.0 Å². The van der Waals surface area contributed by atoms with Gasteiger partial charge >= 0.3 is 0 Å². The minimum Gasteiger partial charge on any atom is -0.496 e. The molecule has 1 N–H and O–H groups in total. The summed E-state index contributed by atoms with van der Waals surface area (Å²) >= 11 is 0. The highest BCUT2D eigenvalue weighted by molar-refractivity contribution is 7.89. The van der Waals surface area contributed by atoms with Crippen molar-refractivity contribution in [3.63, 3.8) is 0 Å². The van der Waals surface area contributed by atoms with Crippen LogP contribution in [-0.2, 0) is 16.6 Å². The molecule has 1 saturated heterocycles. The predicted molar refractivity (Wildman–Crippen MR) is 136 cm³/mol. The normalized spacial score (nSPS) is 15.9. The predicted octanol–water partition coefficient (Wildman–Crippen LogP) is 3.69. The lowest BCUT2D eigenvalue weighted by atomic mass is 10.1. The quantitative estimate of drug-likeness (QED) is 0.518. The first-order valence-corrected chi connectivity index (χ1v) is 13.1. The smallest absolute Gasteiger partial charge is 0.251 e. The van der Waals surface area contributed by atoms with Crippen LogP contribution in [0.15, 0.2) is 83.8 Å². The third-order valence-electron chi connectivity index (χ3n) is 6.29. The van der Waals surface area contributed by atoms with Gasteiger partial charge in [-0.3, -0.25) is 9.69 Å². The Kier molecular flexibility index (Phi) is 7.85. The van der Waals surface area contributed by atoms with Crippen LogP contribution >= 0.6 is 0 Å². The summed E-state index contributed by atoms with van der Waals surface area (Å²) in [4.78, 5) is 15.3. The topological polar surface area (TPSA) is 79.0 Å². The molecule has 0 radical (unpaired) electrons. The number of hydrogen-bond acceptors (Lipinski definition) is 5. The van der Waals surface area contributed by atoms with Crippen molar-refractivity contribution < 1.29 is 17.9 Å². The molecule has 0 bridgehead atoms. The van der Waals surface area contributed by atoms with Gasteiger partial charge < -0.3 is 10.1 Å². The van der Waals surface area contributed by atoms with Crippen LogP contribution in [0.5, 0.6) is 5.75 Å². The minimum absolute atomic E-state index is 0.144. The van der Waals surface area contributed by atoms with E-state index < -0.39 is 10.0 Å². The number of hydrogen-bond donors (Lipinski definition) is 1. The summed E-state index contributed by atoms with van der Waals surface area (Å²) in [5, 5.41) is 3.03. The number of ether oxygens (including phenoxy) is 1. The van der Waals surface area contributed by atoms with Gasteiger partial charge in [0, 0.05) is 43.9 Å². The largest absolute Gasteiger partial charge is 0.496 e. The zero-order chi connectivity index (χ0) is 24.8. The second-order valence-corrected chi connectivity index (χ2v) is 10.6. The van der Waals surface area contributed by atoms with E-state index in [9.17, 15) is 13.2 Å². The summed E-state index contributed by atoms with van der Waals surface area (Å²) in [6.45, 7) is 4.87. The number of rotatable bonds is 8. The van der Waals surface area contributed by atoms with Crippen molar-refractivity contribution in [2.24, 2.45) is 0 Å². The van der Waals surface area contributed by atoms with Crippen LogP contribution in [0.4, 0.5) is 0 Å². The highest BCUT2D eigenvalue weighted by atomic mass is 32.2. The summed E-state index contributed by atoms with van der Waals surface area (Å²) in [6, 6.07) is 23.6. The maximum absolute atomic E-state index is 12.8. The molecule has 1 atom stereocenters. The van der Waals surface area contributed by atoms with Gasteiger partial charge in [0.15, 0.2) is 0 Å². The van der Waals surface area contributed by atoms with E-state index in [1.165, 1.54) is 0 Å². The van der Waals surface area contributed by atoms with Crippen molar-refractivity contribution in [3.8, 4) is 5.75 Å². The van der Waals surface area contributed by atoms with Gasteiger partial charge in [-0.2, -0.15) is 4.31 Å². The van der Waals surface area contributed by atoms with Gasteiger partial charge in [-0.1, -0.05) is 48.5 Å². The lowest BCUT2D eigenvalue weighted by Gasteiger charge is -2.34. The molecular weight excluding hydrogens is 462 g/mol. The molecule has 1 fully saturated rings. The van der Waals surface area contributed by atoms with Crippen LogP contribution in [0.3, 0.4) is 0 Å². The molecule has 1 heterocycles. The molecule has 4 rings (SSSR count). The van der Waals surface area contributed by atoms with E-state index in [0.717, 1.165) is 16.9 Å². The Labute approximate surface area is 207 Å². The number of sulfonamides is 1. The fourth-order valence-electron chi connectivity index (χ4n) is 4.27. The van der Waals surface area contributed by atoms with Gasteiger partial charge in [-0.05, 0) is 42.8 Å². The lowest BCUT2D eigenvalue weighted by molar-refractivity contribution is 0.0939. The van der Waals surface area contributed by atoms with E-state index >= 15 is 0 Å². The maximum Gasteiger partial charge on any atom is 0.251 e. The SMILES string of the molecule is COc1ccccc1[C@@H](C)NC(=O)c1ccc(CN2CCN(S(=O)(=O)c3ccccc3)CC2)cc1. The Bertz CT molecular complexity index is 1240. The van der Waals surface area contributed by atoms with Crippen molar-refractivity contribution in [2.45, 2.75) is 24.4 Å². The highest BCUT2D eigenvalue weighted by Gasteiger charge is 2.28. The number of carbonyl (C=O) groups is 1. The number of nitrogens with one attached hydrogen (secondary N) is 1. The summed E-state index contributed by atoms with van der Waals surface area (Å²) < 4.78 is 32.6. The maximum atomic E-state index is 12.8. The number of para-hydroxylation sites is 1. The third kappa shape index (κ3) is 5.90. The van der Waals surface area contributed by atoms with Crippen molar-refractivity contribution in [1.82, 2.24) is 14.5 Å². The Morgan fingerprint density at radius 1 is 0.914 bits per heavy atom. The molecule has 7 nitrogen and oxygen atoms in total. The van der Waals surface area contributed by atoms with Crippen LogP contribution in [0, 0.1) is 0 Å². The number of amides is 1. The van der Waals surface area contributed by atoms with Crippen LogP contribution < -0.4 is 10.1 Å². The molecule has 0 saturated carbocycles. The standard InChI is InChI=1S/C27H31N3O4S/c1-21(25-10-6-7-11-26(25)34-2)28-27(31)23-14-12-22(13-15-23)20-29-16-18-30(19-17-29)35(32,33)24-8-4-3-5-9-24/h3-15,21H,16-20H2,1-2H3,(H,28,31)/t21-/m1/s1. The average molecular weight is 494 g/mol. The van der Waals surface area contributed by atoms with E-state index in [2.05, 4.69) is 10.2 Å². The van der Waals surface area contributed by atoms with Crippen molar-refractivity contribution in [3.05, 3.63) is 95.6 Å². The van der Waals surface area contributed by atoms with E-state index in [-0.39, 0.29) is 11.9 Å². The summed E-state index contributed by atoms with van der Waals surface area (Å²) in [5.41, 5.74) is 2.60. The molecule has 0 unspecified atom stereocenters. The summed E-state index contributed by atoms with van der Waals surface area (Å²) in [7, 11) is -1.83. The molecule has 8 heteroatoms. The van der Waals surface area contributed by atoms with Gasteiger partial charge in [-0.25, -0.2) is 8.42 Å². The molecule has 1 amide bonds. The van der Waals surface area contributed by atoms with Crippen molar-refractivity contribution in [1.29, 1.82) is 0 Å². The van der Waals surface area contributed by atoms with Gasteiger partial charge in [0.25, 0.3) is 5.91 Å². The summed E-state index contributed by atoms with van der Waals surface area (Å²) in [5.74, 6) is 0.599. The van der Waals surface area contributed by atoms with Gasteiger partial charge in [0.1, 0.15) is 5.75 Å². The molecule has 184 valence electrons. The molecule has 0 spiro atoms. The van der Waals surface area contributed by atoms with Crippen LogP contribution in [0.2, 0.25) is 0 Å². The number of benzene rings is 3. The average Bonchev–Trinajstić information content (AvgIpc) is 2.90. The lowest BCUT2D eigenvalue weighted by Crippen LogP contribution is -2.48. The number of piperazine rings is 1. The Hall–Kier alpha value is -3.20. The zero-order valence-electron chi connectivity index (χ0n) is 20.1. The van der Waals surface area contributed by atoms with Crippen LogP contribution in [0.25, 0.3) is 0 Å². The van der Waals surface area contributed by atoms with Crippen LogP contribution in [0.1, 0.15) is 34.5 Å². The molecular formula is C27H31N3O4S. The molecule has 3 aromatic rings. The Balaban J connectivity index is 1.31. The molecule has 1 aliphatic heterocycles. The molecule has 3 aromatic carbocycles. The first-order chi connectivity index (χ1) is 16.9. The first kappa shape index (κ1) is 24.9. The second kappa shape index (κ2) is 11.0. The van der Waals surface area contributed by atoms with E-state index in [4.69, 9.17) is 4.74 Å². The van der Waals surface area contributed by atoms with Crippen LogP contribution in [-0.4, -0.2) is 56.8 Å². The van der Waals surface area contributed by atoms with Crippen molar-refractivity contribution >= 4 is 15.9 Å². The van der Waals surface area contributed by atoms with Gasteiger partial charge in [0.05, 0.1) is 18.0 Å². The molecule has 0 aliphatic carbocycles. The monoisotopic (exact) mass is 493 g/mol. The Morgan fingerprint density at radius 2 is 1.54 bits per heavy atom. The number of methoxy groups -OCH3 is 1. The molecule has 35 heavy (non-hydrogen) atoms. The minimum atomic E-state index is -3.45. The van der Waals surface area contributed by atoms with E-state index in [1.807, 2.05) is 61.5 Å². The third-order valence-corrected chi connectivity index (χ3v) is 8.20. The highest BCUT2D eigenvalue weighted by Crippen LogP contribution is 2.24. The zero-order valence-corrected chi connectivity index (χ0v) is 20.9. The second-order valence-electron chi connectivity index (χ2n) is 8.63. The molecule has 0 aromatic heterocycles. The van der Waals surface area contributed by atoms with E-state index in [1.54, 1.807) is 35.7 Å². The van der Waals surface area contributed by atoms with Gasteiger partial charge in [-0.15, -0.1) is 0 Å². The fourth-order valence-corrected chi connectivity index (χ4v) is 5.71.